The maximum atomic E-state index is 6.63. The summed E-state index contributed by atoms with van der Waals surface area (Å²) in [6.45, 7) is 13.9. The molecule has 2 nitrogen and oxygen atoms in total. The average Bonchev–Trinajstić information content (AvgIpc) is 2.65. The lowest BCUT2D eigenvalue weighted by Crippen LogP contribution is -2.53. The van der Waals surface area contributed by atoms with Gasteiger partial charge < -0.3 is 9.47 Å². The van der Waals surface area contributed by atoms with Crippen LogP contribution in [0.4, 0.5) is 0 Å². The highest BCUT2D eigenvalue weighted by Gasteiger charge is 2.52. The van der Waals surface area contributed by atoms with E-state index in [-0.39, 0.29) is 11.9 Å². The molecule has 4 saturated carbocycles. The Hall–Kier alpha value is -1.02. The smallest absolute Gasteiger partial charge is 0.197 e. The third-order valence-electron chi connectivity index (χ3n) is 8.54. The first-order chi connectivity index (χ1) is 14.2. The van der Waals surface area contributed by atoms with E-state index in [9.17, 15) is 0 Å². The summed E-state index contributed by atoms with van der Waals surface area (Å²) in [5.74, 6) is 4.89. The van der Waals surface area contributed by atoms with Crippen LogP contribution in [0.1, 0.15) is 104 Å². The van der Waals surface area contributed by atoms with Crippen LogP contribution in [-0.2, 0) is 4.74 Å². The summed E-state index contributed by atoms with van der Waals surface area (Å²) in [5.41, 5.74) is 1.92. The second kappa shape index (κ2) is 8.49. The van der Waals surface area contributed by atoms with Crippen molar-refractivity contribution in [1.82, 2.24) is 0 Å². The molecule has 30 heavy (non-hydrogen) atoms. The number of ether oxygens (including phenoxy) is 2. The number of rotatable bonds is 9. The fraction of sp³-hybridized carbons (Fsp3) is 0.786. The van der Waals surface area contributed by atoms with Gasteiger partial charge in [0.05, 0.1) is 5.60 Å². The highest BCUT2D eigenvalue weighted by molar-refractivity contribution is 5.30. The topological polar surface area (TPSA) is 18.5 Å². The third kappa shape index (κ3) is 4.90. The molecule has 4 aliphatic rings. The van der Waals surface area contributed by atoms with E-state index < -0.39 is 0 Å². The lowest BCUT2D eigenvalue weighted by molar-refractivity contribution is -0.225. The van der Waals surface area contributed by atoms with E-state index in [0.29, 0.717) is 17.3 Å². The molecule has 2 unspecified atom stereocenters. The average molecular weight is 413 g/mol. The van der Waals surface area contributed by atoms with Gasteiger partial charge in [-0.15, -0.1) is 0 Å². The molecule has 0 aromatic heterocycles. The molecule has 0 radical (unpaired) electrons. The second-order valence-electron chi connectivity index (χ2n) is 12.0. The Bertz CT molecular complexity index is 667. The molecule has 2 atom stereocenters. The zero-order valence-corrected chi connectivity index (χ0v) is 20.2. The number of hydrogen-bond donors (Lipinski definition) is 0. The van der Waals surface area contributed by atoms with E-state index in [2.05, 4.69) is 65.8 Å². The molecule has 0 amide bonds. The minimum absolute atomic E-state index is 0.0998. The Morgan fingerprint density at radius 2 is 1.47 bits per heavy atom. The van der Waals surface area contributed by atoms with Crippen LogP contribution in [0.2, 0.25) is 0 Å². The lowest BCUT2D eigenvalue weighted by Gasteiger charge is -2.56. The van der Waals surface area contributed by atoms with Crippen molar-refractivity contribution in [2.75, 3.05) is 0 Å². The fourth-order valence-electron chi connectivity index (χ4n) is 7.01. The largest absolute Gasteiger partial charge is 0.465 e. The van der Waals surface area contributed by atoms with Gasteiger partial charge in [-0.3, -0.25) is 0 Å². The molecule has 168 valence electrons. The molecule has 1 aromatic carbocycles. The van der Waals surface area contributed by atoms with Crippen molar-refractivity contribution in [1.29, 1.82) is 0 Å². The monoisotopic (exact) mass is 412 g/mol. The van der Waals surface area contributed by atoms with Crippen LogP contribution < -0.4 is 4.74 Å². The zero-order valence-electron chi connectivity index (χ0n) is 20.2. The Morgan fingerprint density at radius 3 is 1.93 bits per heavy atom. The summed E-state index contributed by atoms with van der Waals surface area (Å²) < 4.78 is 12.9. The fourth-order valence-corrected chi connectivity index (χ4v) is 7.01. The zero-order chi connectivity index (χ0) is 21.5. The molecular weight excluding hydrogens is 368 g/mol. The van der Waals surface area contributed by atoms with Gasteiger partial charge in [-0.25, -0.2) is 0 Å². The number of benzene rings is 1. The molecule has 4 fully saturated rings. The molecule has 0 saturated heterocycles. The molecule has 2 heteroatoms. The Morgan fingerprint density at radius 1 is 0.933 bits per heavy atom. The van der Waals surface area contributed by atoms with Crippen molar-refractivity contribution >= 4 is 0 Å². The van der Waals surface area contributed by atoms with Crippen LogP contribution in [0, 0.1) is 29.1 Å². The SMILES string of the molecule is CCC(C)(C)CC(c1ccc(OC(C)OC23CC4CC(CC(C4)C2)C3)cc1)C(C)C. The van der Waals surface area contributed by atoms with E-state index in [1.165, 1.54) is 56.9 Å². The molecule has 0 spiro atoms. The highest BCUT2D eigenvalue weighted by Crippen LogP contribution is 2.57. The summed E-state index contributed by atoms with van der Waals surface area (Å²) in [7, 11) is 0. The van der Waals surface area contributed by atoms with Crippen LogP contribution in [0.3, 0.4) is 0 Å². The van der Waals surface area contributed by atoms with Crippen molar-refractivity contribution in [3.63, 3.8) is 0 Å². The quantitative estimate of drug-likeness (QED) is 0.383. The van der Waals surface area contributed by atoms with Crippen molar-refractivity contribution in [2.24, 2.45) is 29.1 Å². The van der Waals surface area contributed by atoms with Crippen molar-refractivity contribution in [3.05, 3.63) is 29.8 Å². The van der Waals surface area contributed by atoms with Gasteiger partial charge >= 0.3 is 0 Å². The molecule has 4 bridgehead atoms. The van der Waals surface area contributed by atoms with Gasteiger partial charge in [0.2, 0.25) is 0 Å². The van der Waals surface area contributed by atoms with Gasteiger partial charge in [0.25, 0.3) is 0 Å². The van der Waals surface area contributed by atoms with Gasteiger partial charge in [0, 0.05) is 0 Å². The highest BCUT2D eigenvalue weighted by atomic mass is 16.7. The standard InChI is InChI=1S/C28H44O2/c1-7-27(5,6)18-26(19(2)3)24-8-10-25(11-9-24)29-20(4)30-28-15-21-12-22(16-28)14-23(13-21)17-28/h8-11,19-23,26H,7,12-18H2,1-6H3. The first-order valence-corrected chi connectivity index (χ1v) is 12.6. The summed E-state index contributed by atoms with van der Waals surface area (Å²) in [6.07, 6.45) is 10.4. The summed E-state index contributed by atoms with van der Waals surface area (Å²) in [6, 6.07) is 8.87. The number of hydrogen-bond acceptors (Lipinski definition) is 2. The van der Waals surface area contributed by atoms with E-state index >= 15 is 0 Å². The maximum Gasteiger partial charge on any atom is 0.197 e. The summed E-state index contributed by atoms with van der Waals surface area (Å²) >= 11 is 0. The minimum atomic E-state index is -0.174. The van der Waals surface area contributed by atoms with E-state index in [0.717, 1.165) is 23.5 Å². The molecule has 4 aliphatic carbocycles. The Labute approximate surface area is 185 Å². The first-order valence-electron chi connectivity index (χ1n) is 12.6. The molecule has 0 N–H and O–H groups in total. The normalized spacial score (nSPS) is 32.4. The molecule has 0 aliphatic heterocycles. The van der Waals surface area contributed by atoms with Crippen molar-refractivity contribution in [3.8, 4) is 5.75 Å². The van der Waals surface area contributed by atoms with Crippen molar-refractivity contribution in [2.45, 2.75) is 111 Å². The van der Waals surface area contributed by atoms with Crippen molar-refractivity contribution < 1.29 is 9.47 Å². The van der Waals surface area contributed by atoms with Gasteiger partial charge in [-0.05, 0) is 105 Å². The van der Waals surface area contributed by atoms with Crippen LogP contribution in [0.15, 0.2) is 24.3 Å². The summed E-state index contributed by atoms with van der Waals surface area (Å²) in [4.78, 5) is 0. The molecule has 0 heterocycles. The van der Waals surface area contributed by atoms with E-state index in [1.807, 2.05) is 0 Å². The van der Waals surface area contributed by atoms with Gasteiger partial charge in [-0.2, -0.15) is 0 Å². The molecule has 5 rings (SSSR count). The van der Waals surface area contributed by atoms with Crippen LogP contribution in [-0.4, -0.2) is 11.9 Å². The third-order valence-corrected chi connectivity index (χ3v) is 8.54. The lowest BCUT2D eigenvalue weighted by atomic mass is 9.54. The predicted molar refractivity (Wildman–Crippen MR) is 125 cm³/mol. The van der Waals surface area contributed by atoms with Gasteiger partial charge in [-0.1, -0.05) is 53.2 Å². The predicted octanol–water partition coefficient (Wildman–Crippen LogP) is 7.96. The van der Waals surface area contributed by atoms with Gasteiger partial charge in [0.1, 0.15) is 5.75 Å². The molecular formula is C28H44O2. The van der Waals surface area contributed by atoms with Gasteiger partial charge in [0.15, 0.2) is 6.29 Å². The van der Waals surface area contributed by atoms with E-state index in [4.69, 9.17) is 9.47 Å². The minimum Gasteiger partial charge on any atom is -0.465 e. The maximum absolute atomic E-state index is 6.63. The Kier molecular flexibility index (Phi) is 6.28. The van der Waals surface area contributed by atoms with Crippen LogP contribution >= 0.6 is 0 Å². The summed E-state index contributed by atoms with van der Waals surface area (Å²) in [5, 5.41) is 0. The van der Waals surface area contributed by atoms with E-state index in [1.54, 1.807) is 0 Å². The Balaban J connectivity index is 1.37. The van der Waals surface area contributed by atoms with Crippen LogP contribution in [0.5, 0.6) is 5.75 Å². The second-order valence-corrected chi connectivity index (χ2v) is 12.0. The molecule has 1 aromatic rings. The van der Waals surface area contributed by atoms with Crippen LogP contribution in [0.25, 0.3) is 0 Å². The first kappa shape index (κ1) is 22.2.